The number of carbonyl (C=O) groups is 2. The van der Waals surface area contributed by atoms with E-state index < -0.39 is 29.2 Å². The van der Waals surface area contributed by atoms with Crippen LogP contribution in [-0.4, -0.2) is 26.6 Å². The molecule has 0 aliphatic carbocycles. The summed E-state index contributed by atoms with van der Waals surface area (Å²) in [5.41, 5.74) is -0.0273. The number of hydrogen-bond donors (Lipinski definition) is 2. The predicted molar refractivity (Wildman–Crippen MR) is 125 cm³/mol. The number of nitrogens with one attached hydrogen (secondary N) is 2. The van der Waals surface area contributed by atoms with Crippen LogP contribution >= 0.6 is 11.6 Å². The summed E-state index contributed by atoms with van der Waals surface area (Å²) in [4.78, 5) is 28.2. The average molecular weight is 500 g/mol. The number of pyridine rings is 1. The molecule has 0 aliphatic rings. The van der Waals surface area contributed by atoms with Gasteiger partial charge in [0.05, 0.1) is 21.8 Å². The third-order valence-corrected chi connectivity index (χ3v) is 5.33. The maximum Gasteiger partial charge on any atom is 0.434 e. The topological polar surface area (TPSA) is 88.9 Å². The van der Waals surface area contributed by atoms with Crippen molar-refractivity contribution < 1.29 is 22.8 Å². The molecule has 2 aromatic carbocycles. The lowest BCUT2D eigenvalue weighted by atomic mass is 10.1. The van der Waals surface area contributed by atoms with Gasteiger partial charge in [0.2, 0.25) is 0 Å². The Morgan fingerprint density at radius 1 is 0.914 bits per heavy atom. The molecule has 0 fully saturated rings. The van der Waals surface area contributed by atoms with Crippen molar-refractivity contribution in [1.29, 1.82) is 0 Å². The van der Waals surface area contributed by atoms with Crippen LogP contribution in [0, 0.1) is 0 Å². The van der Waals surface area contributed by atoms with Gasteiger partial charge in [-0.25, -0.2) is 0 Å². The van der Waals surface area contributed by atoms with Crippen LogP contribution in [0.4, 0.5) is 24.7 Å². The van der Waals surface area contributed by atoms with Crippen molar-refractivity contribution in [3.05, 3.63) is 94.8 Å². The molecule has 0 spiro atoms. The summed E-state index contributed by atoms with van der Waals surface area (Å²) < 4.78 is 40.9. The van der Waals surface area contributed by atoms with Gasteiger partial charge in [0.1, 0.15) is 5.82 Å². The van der Waals surface area contributed by atoms with Crippen LogP contribution < -0.4 is 10.6 Å². The number of aryl methyl sites for hydroxylation is 1. The smallest absolute Gasteiger partial charge is 0.322 e. The fraction of sp³-hybridized carbons (Fsp3) is 0.0833. The minimum Gasteiger partial charge on any atom is -0.322 e. The monoisotopic (exact) mass is 499 g/mol. The highest BCUT2D eigenvalue weighted by Crippen LogP contribution is 2.30. The number of amides is 2. The fourth-order valence-corrected chi connectivity index (χ4v) is 3.51. The first-order valence-electron chi connectivity index (χ1n) is 10.2. The quantitative estimate of drug-likeness (QED) is 0.371. The molecule has 0 aliphatic heterocycles. The first-order chi connectivity index (χ1) is 16.6. The number of benzene rings is 2. The number of halogens is 4. The molecule has 0 saturated heterocycles. The highest BCUT2D eigenvalue weighted by molar-refractivity contribution is 6.34. The van der Waals surface area contributed by atoms with E-state index in [0.717, 1.165) is 12.3 Å². The van der Waals surface area contributed by atoms with Crippen LogP contribution in [0.25, 0.3) is 11.3 Å². The van der Waals surface area contributed by atoms with Crippen LogP contribution in [0.2, 0.25) is 5.02 Å². The van der Waals surface area contributed by atoms with Gasteiger partial charge in [0.15, 0.2) is 5.69 Å². The number of nitrogens with zero attached hydrogens (tertiary/aromatic N) is 3. The van der Waals surface area contributed by atoms with Crippen LogP contribution in [-0.2, 0) is 13.2 Å². The van der Waals surface area contributed by atoms with Gasteiger partial charge in [-0.15, -0.1) is 0 Å². The molecule has 4 aromatic rings. The van der Waals surface area contributed by atoms with Crippen molar-refractivity contribution in [3.8, 4) is 11.3 Å². The molecule has 178 valence electrons. The number of rotatable bonds is 5. The Morgan fingerprint density at radius 3 is 2.26 bits per heavy atom. The molecule has 0 radical (unpaired) electrons. The van der Waals surface area contributed by atoms with Crippen LogP contribution in [0.5, 0.6) is 0 Å². The minimum absolute atomic E-state index is 0.291. The molecule has 2 amide bonds. The Kier molecular flexibility index (Phi) is 6.57. The third-order valence-electron chi connectivity index (χ3n) is 5.00. The Balaban J connectivity index is 1.49. The first kappa shape index (κ1) is 24.0. The van der Waals surface area contributed by atoms with Crippen LogP contribution in [0.15, 0.2) is 72.9 Å². The molecule has 2 aromatic heterocycles. The van der Waals surface area contributed by atoms with E-state index in [2.05, 4.69) is 20.7 Å². The number of anilines is 2. The number of aromatic nitrogens is 3. The number of hydrogen-bond acceptors (Lipinski definition) is 4. The Bertz CT molecular complexity index is 1400. The van der Waals surface area contributed by atoms with Crippen molar-refractivity contribution in [2.45, 2.75) is 6.18 Å². The van der Waals surface area contributed by atoms with E-state index in [-0.39, 0.29) is 0 Å². The lowest BCUT2D eigenvalue weighted by Crippen LogP contribution is -2.20. The van der Waals surface area contributed by atoms with E-state index in [1.807, 2.05) is 0 Å². The fourth-order valence-electron chi connectivity index (χ4n) is 3.29. The summed E-state index contributed by atoms with van der Waals surface area (Å²) >= 11 is 6.07. The molecule has 2 heterocycles. The molecular weight excluding hydrogens is 483 g/mol. The normalized spacial score (nSPS) is 11.2. The minimum atomic E-state index is -4.75. The van der Waals surface area contributed by atoms with E-state index in [0.29, 0.717) is 33.3 Å². The summed E-state index contributed by atoms with van der Waals surface area (Å²) in [5, 5.41) is 9.89. The van der Waals surface area contributed by atoms with Gasteiger partial charge in [0.25, 0.3) is 11.8 Å². The summed E-state index contributed by atoms with van der Waals surface area (Å²) in [6, 6.07) is 17.0. The van der Waals surface area contributed by atoms with E-state index in [9.17, 15) is 22.8 Å². The summed E-state index contributed by atoms with van der Waals surface area (Å²) in [6.45, 7) is 0. The van der Waals surface area contributed by atoms with Crippen molar-refractivity contribution >= 4 is 34.9 Å². The van der Waals surface area contributed by atoms with Gasteiger partial charge < -0.3 is 10.6 Å². The Labute approximate surface area is 202 Å². The molecule has 0 saturated carbocycles. The molecule has 7 nitrogen and oxygen atoms in total. The van der Waals surface area contributed by atoms with Crippen LogP contribution in [0.3, 0.4) is 0 Å². The average Bonchev–Trinajstić information content (AvgIpc) is 3.19. The molecule has 11 heteroatoms. The molecule has 0 unspecified atom stereocenters. The highest BCUT2D eigenvalue weighted by atomic mass is 35.5. The van der Waals surface area contributed by atoms with Crippen molar-refractivity contribution in [2.24, 2.45) is 7.05 Å². The molecule has 0 bridgehead atoms. The first-order valence-corrected chi connectivity index (χ1v) is 10.5. The predicted octanol–water partition coefficient (Wildman–Crippen LogP) is 5.66. The van der Waals surface area contributed by atoms with Gasteiger partial charge in [-0.1, -0.05) is 35.9 Å². The van der Waals surface area contributed by atoms with E-state index in [1.54, 1.807) is 49.5 Å². The third kappa shape index (κ3) is 5.33. The maximum atomic E-state index is 13.1. The van der Waals surface area contributed by atoms with Gasteiger partial charge in [0, 0.05) is 30.6 Å². The van der Waals surface area contributed by atoms with Crippen molar-refractivity contribution in [3.63, 3.8) is 0 Å². The van der Waals surface area contributed by atoms with E-state index >= 15 is 0 Å². The van der Waals surface area contributed by atoms with Crippen molar-refractivity contribution in [2.75, 3.05) is 10.6 Å². The maximum absolute atomic E-state index is 13.1. The van der Waals surface area contributed by atoms with Gasteiger partial charge in [-0.3, -0.25) is 19.3 Å². The van der Waals surface area contributed by atoms with Gasteiger partial charge in [-0.2, -0.15) is 18.3 Å². The zero-order chi connectivity index (χ0) is 25.2. The summed E-state index contributed by atoms with van der Waals surface area (Å²) in [7, 11) is 1.66. The zero-order valence-electron chi connectivity index (χ0n) is 18.1. The van der Waals surface area contributed by atoms with Gasteiger partial charge >= 0.3 is 6.18 Å². The van der Waals surface area contributed by atoms with Crippen molar-refractivity contribution in [1.82, 2.24) is 14.8 Å². The number of alkyl halides is 3. The molecule has 2 N–H and O–H groups in total. The van der Waals surface area contributed by atoms with Crippen LogP contribution in [0.1, 0.15) is 26.4 Å². The summed E-state index contributed by atoms with van der Waals surface area (Å²) in [6.07, 6.45) is -3.78. The Hall–Kier alpha value is -4.18. The number of carbonyl (C=O) groups excluding carboxylic acids is 2. The SMILES string of the molecule is Cn1nc(-c2ccc(NC(=O)c3cccnc3C(F)(F)F)cc2)cc1NC(=O)c1ccccc1Cl. The Morgan fingerprint density at radius 2 is 1.57 bits per heavy atom. The highest BCUT2D eigenvalue weighted by Gasteiger charge is 2.36. The van der Waals surface area contributed by atoms with Gasteiger partial charge in [-0.05, 0) is 36.4 Å². The van der Waals surface area contributed by atoms with E-state index in [1.165, 1.54) is 22.9 Å². The zero-order valence-corrected chi connectivity index (χ0v) is 18.9. The van der Waals surface area contributed by atoms with E-state index in [4.69, 9.17) is 11.6 Å². The lowest BCUT2D eigenvalue weighted by molar-refractivity contribution is -0.141. The largest absolute Gasteiger partial charge is 0.434 e. The second kappa shape index (κ2) is 9.59. The molecule has 35 heavy (non-hydrogen) atoms. The second-order valence-electron chi connectivity index (χ2n) is 7.40. The molecular formula is C24H17ClF3N5O2. The second-order valence-corrected chi connectivity index (χ2v) is 7.81. The standard InChI is InChI=1S/C24H17ClF3N5O2/c1-33-20(31-22(34)16-5-2-3-7-18(16)25)13-19(32-33)14-8-10-15(11-9-14)30-23(35)17-6-4-12-29-21(17)24(26,27)28/h2-13H,1H3,(H,30,35)(H,31,34). The molecule has 4 rings (SSSR count). The molecule has 0 atom stereocenters. The lowest BCUT2D eigenvalue weighted by Gasteiger charge is -2.11. The summed E-state index contributed by atoms with van der Waals surface area (Å²) in [5.74, 6) is -0.893.